The molecule has 0 atom stereocenters. The fourth-order valence-electron chi connectivity index (χ4n) is 3.19. The van der Waals surface area contributed by atoms with E-state index in [9.17, 15) is 4.79 Å². The molecule has 0 aliphatic heterocycles. The van der Waals surface area contributed by atoms with Gasteiger partial charge in [0.05, 0.1) is 6.61 Å². The molecule has 1 aromatic carbocycles. The van der Waals surface area contributed by atoms with E-state index in [0.717, 1.165) is 36.0 Å². The number of ether oxygens (including phenoxy) is 1. The van der Waals surface area contributed by atoms with Crippen molar-refractivity contribution >= 4 is 5.78 Å². The van der Waals surface area contributed by atoms with Crippen LogP contribution in [-0.2, 0) is 0 Å². The molecular weight excluding hydrogens is 248 g/mol. The number of carbonyl (C=O) groups excluding carboxylic acids is 1. The van der Waals surface area contributed by atoms with Gasteiger partial charge in [0.25, 0.3) is 0 Å². The molecule has 20 heavy (non-hydrogen) atoms. The van der Waals surface area contributed by atoms with Gasteiger partial charge in [-0.1, -0.05) is 26.0 Å². The molecular formula is C18H26O2. The van der Waals surface area contributed by atoms with Gasteiger partial charge in [0.2, 0.25) is 0 Å². The van der Waals surface area contributed by atoms with Crippen LogP contribution in [0.1, 0.15) is 56.8 Å². The van der Waals surface area contributed by atoms with Gasteiger partial charge < -0.3 is 4.74 Å². The van der Waals surface area contributed by atoms with Crippen molar-refractivity contribution in [1.29, 1.82) is 0 Å². The van der Waals surface area contributed by atoms with Gasteiger partial charge in [-0.2, -0.15) is 0 Å². The van der Waals surface area contributed by atoms with Gasteiger partial charge in [-0.05, 0) is 56.6 Å². The fourth-order valence-corrected chi connectivity index (χ4v) is 3.19. The Bertz CT molecular complexity index is 442. The first-order valence-corrected chi connectivity index (χ1v) is 7.89. The van der Waals surface area contributed by atoms with Gasteiger partial charge in [0.1, 0.15) is 5.75 Å². The zero-order chi connectivity index (χ0) is 14.5. The second-order valence-electron chi connectivity index (χ2n) is 6.18. The molecule has 2 rings (SSSR count). The van der Waals surface area contributed by atoms with Crippen LogP contribution in [0.25, 0.3) is 0 Å². The first kappa shape index (κ1) is 15.1. The number of benzene rings is 1. The number of ketones is 1. The molecule has 0 saturated heterocycles. The number of hydrogen-bond donors (Lipinski definition) is 0. The van der Waals surface area contributed by atoms with E-state index in [1.165, 1.54) is 12.8 Å². The average Bonchev–Trinajstić information content (AvgIpc) is 2.47. The second kappa shape index (κ2) is 6.92. The highest BCUT2D eigenvalue weighted by Crippen LogP contribution is 2.35. The molecule has 0 bridgehead atoms. The van der Waals surface area contributed by atoms with Crippen molar-refractivity contribution in [3.63, 3.8) is 0 Å². The first-order chi connectivity index (χ1) is 9.61. The van der Waals surface area contributed by atoms with Crippen molar-refractivity contribution in [1.82, 2.24) is 0 Å². The zero-order valence-electron chi connectivity index (χ0n) is 12.9. The third kappa shape index (κ3) is 3.62. The Morgan fingerprint density at radius 2 is 1.95 bits per heavy atom. The van der Waals surface area contributed by atoms with E-state index in [4.69, 9.17) is 4.74 Å². The molecule has 2 nitrogen and oxygen atoms in total. The summed E-state index contributed by atoms with van der Waals surface area (Å²) in [5.74, 6) is 2.85. The molecule has 1 aliphatic carbocycles. The van der Waals surface area contributed by atoms with Gasteiger partial charge in [-0.25, -0.2) is 0 Å². The summed E-state index contributed by atoms with van der Waals surface area (Å²) >= 11 is 0. The summed E-state index contributed by atoms with van der Waals surface area (Å²) in [4.78, 5) is 12.6. The highest BCUT2D eigenvalue weighted by Gasteiger charge is 2.28. The van der Waals surface area contributed by atoms with E-state index in [0.29, 0.717) is 12.4 Å². The molecule has 0 radical (unpaired) electrons. The third-order valence-electron chi connectivity index (χ3n) is 4.51. The van der Waals surface area contributed by atoms with Gasteiger partial charge in [0.15, 0.2) is 5.78 Å². The van der Waals surface area contributed by atoms with Gasteiger partial charge >= 0.3 is 0 Å². The molecule has 0 N–H and O–H groups in total. The SMILES string of the molecule is CCOc1cccc(C(=O)C2CCC(C(C)C)CC2)c1. The normalized spacial score (nSPS) is 22.8. The van der Waals surface area contributed by atoms with E-state index < -0.39 is 0 Å². The lowest BCUT2D eigenvalue weighted by Gasteiger charge is -2.30. The van der Waals surface area contributed by atoms with Crippen molar-refractivity contribution < 1.29 is 9.53 Å². The average molecular weight is 274 g/mol. The second-order valence-corrected chi connectivity index (χ2v) is 6.18. The van der Waals surface area contributed by atoms with Crippen LogP contribution in [0.3, 0.4) is 0 Å². The molecule has 0 unspecified atom stereocenters. The Balaban J connectivity index is 2.00. The van der Waals surface area contributed by atoms with Gasteiger partial charge in [-0.15, -0.1) is 0 Å². The minimum absolute atomic E-state index is 0.210. The third-order valence-corrected chi connectivity index (χ3v) is 4.51. The summed E-state index contributed by atoms with van der Waals surface area (Å²) in [6.45, 7) is 7.18. The maximum atomic E-state index is 12.6. The van der Waals surface area contributed by atoms with Crippen molar-refractivity contribution in [2.24, 2.45) is 17.8 Å². The van der Waals surface area contributed by atoms with E-state index >= 15 is 0 Å². The van der Waals surface area contributed by atoms with Crippen LogP contribution in [0.5, 0.6) is 5.75 Å². The number of carbonyl (C=O) groups is 1. The Hall–Kier alpha value is -1.31. The molecule has 1 saturated carbocycles. The Kier molecular flexibility index (Phi) is 5.22. The summed E-state index contributed by atoms with van der Waals surface area (Å²) in [6, 6.07) is 7.63. The maximum absolute atomic E-state index is 12.6. The predicted molar refractivity (Wildman–Crippen MR) is 82.2 cm³/mol. The lowest BCUT2D eigenvalue weighted by molar-refractivity contribution is 0.0858. The highest BCUT2D eigenvalue weighted by atomic mass is 16.5. The number of rotatable bonds is 5. The van der Waals surface area contributed by atoms with Crippen molar-refractivity contribution in [3.8, 4) is 5.75 Å². The van der Waals surface area contributed by atoms with Gasteiger partial charge in [0, 0.05) is 11.5 Å². The predicted octanol–water partition coefficient (Wildman–Crippen LogP) is 4.73. The van der Waals surface area contributed by atoms with E-state index in [1.54, 1.807) is 0 Å². The molecule has 0 amide bonds. The smallest absolute Gasteiger partial charge is 0.166 e. The van der Waals surface area contributed by atoms with Crippen molar-refractivity contribution in [2.75, 3.05) is 6.61 Å². The van der Waals surface area contributed by atoms with Crippen molar-refractivity contribution in [3.05, 3.63) is 29.8 Å². The van der Waals surface area contributed by atoms with E-state index in [2.05, 4.69) is 13.8 Å². The molecule has 1 fully saturated rings. The summed E-state index contributed by atoms with van der Waals surface area (Å²) in [7, 11) is 0. The highest BCUT2D eigenvalue weighted by molar-refractivity contribution is 5.98. The van der Waals surface area contributed by atoms with E-state index in [1.807, 2.05) is 31.2 Å². The summed E-state index contributed by atoms with van der Waals surface area (Å²) in [5.41, 5.74) is 0.809. The van der Waals surface area contributed by atoms with E-state index in [-0.39, 0.29) is 5.92 Å². The Morgan fingerprint density at radius 3 is 2.55 bits per heavy atom. The fraction of sp³-hybridized carbons (Fsp3) is 0.611. The molecule has 110 valence electrons. The standard InChI is InChI=1S/C18H26O2/c1-4-20-17-7-5-6-16(12-17)18(19)15-10-8-14(9-11-15)13(2)3/h5-7,12-15H,4,8-11H2,1-3H3. The van der Waals surface area contributed by atoms with Crippen LogP contribution in [0.15, 0.2) is 24.3 Å². The van der Waals surface area contributed by atoms with Crippen LogP contribution in [0.4, 0.5) is 0 Å². The summed E-state index contributed by atoms with van der Waals surface area (Å²) < 4.78 is 5.48. The maximum Gasteiger partial charge on any atom is 0.166 e. The lowest BCUT2D eigenvalue weighted by atomic mass is 9.75. The van der Waals surface area contributed by atoms with Crippen molar-refractivity contribution in [2.45, 2.75) is 46.5 Å². The Labute approximate surface area is 122 Å². The molecule has 0 heterocycles. The monoisotopic (exact) mass is 274 g/mol. The number of hydrogen-bond acceptors (Lipinski definition) is 2. The quantitative estimate of drug-likeness (QED) is 0.725. The summed E-state index contributed by atoms with van der Waals surface area (Å²) in [5, 5.41) is 0. The molecule has 1 aliphatic rings. The van der Waals surface area contributed by atoms with Crippen LogP contribution < -0.4 is 4.74 Å². The molecule has 2 heteroatoms. The number of Topliss-reactive ketones (excluding diaryl/α,β-unsaturated/α-hetero) is 1. The largest absolute Gasteiger partial charge is 0.494 e. The molecule has 0 aromatic heterocycles. The topological polar surface area (TPSA) is 26.3 Å². The molecule has 0 spiro atoms. The van der Waals surface area contributed by atoms with Gasteiger partial charge in [-0.3, -0.25) is 4.79 Å². The van der Waals surface area contributed by atoms with Crippen LogP contribution >= 0.6 is 0 Å². The van der Waals surface area contributed by atoms with Crippen LogP contribution in [0, 0.1) is 17.8 Å². The lowest BCUT2D eigenvalue weighted by Crippen LogP contribution is -2.24. The van der Waals surface area contributed by atoms with Crippen LogP contribution in [-0.4, -0.2) is 12.4 Å². The first-order valence-electron chi connectivity index (χ1n) is 7.89. The summed E-state index contributed by atoms with van der Waals surface area (Å²) in [6.07, 6.45) is 4.47. The zero-order valence-corrected chi connectivity index (χ0v) is 12.9. The Morgan fingerprint density at radius 1 is 1.25 bits per heavy atom. The molecule has 1 aromatic rings. The minimum Gasteiger partial charge on any atom is -0.494 e. The minimum atomic E-state index is 0.210. The van der Waals surface area contributed by atoms with Crippen LogP contribution in [0.2, 0.25) is 0 Å².